The van der Waals surface area contributed by atoms with Crippen molar-refractivity contribution in [2.24, 2.45) is 0 Å². The molecule has 0 bridgehead atoms. The van der Waals surface area contributed by atoms with Crippen LogP contribution in [0.25, 0.3) is 0 Å². The molecule has 1 atom stereocenters. The van der Waals surface area contributed by atoms with Crippen LogP contribution in [0.4, 0.5) is 5.69 Å². The normalized spacial score (nSPS) is 12.5. The van der Waals surface area contributed by atoms with Crippen LogP contribution < -0.4 is 11.1 Å². The second-order valence-electron chi connectivity index (χ2n) is 4.56. The standard InChI is InChI=1S/C14H22ClN3O/c1-4-18(5-2)9-10(3)17-14(19)13-11(15)7-6-8-12(13)16/h6-8,10H,4-5,9,16H2,1-3H3,(H,17,19). The van der Waals surface area contributed by atoms with Gasteiger partial charge in [-0.05, 0) is 32.1 Å². The summed E-state index contributed by atoms with van der Waals surface area (Å²) in [5.41, 5.74) is 6.56. The molecule has 0 aromatic heterocycles. The molecule has 0 heterocycles. The topological polar surface area (TPSA) is 58.4 Å². The summed E-state index contributed by atoms with van der Waals surface area (Å²) in [6.45, 7) is 8.91. The lowest BCUT2D eigenvalue weighted by atomic mass is 10.1. The van der Waals surface area contributed by atoms with Gasteiger partial charge in [0, 0.05) is 18.3 Å². The number of anilines is 1. The Labute approximate surface area is 119 Å². The number of benzene rings is 1. The van der Waals surface area contributed by atoms with E-state index in [1.54, 1.807) is 18.2 Å². The maximum atomic E-state index is 12.2. The van der Waals surface area contributed by atoms with E-state index in [-0.39, 0.29) is 11.9 Å². The van der Waals surface area contributed by atoms with Crippen LogP contribution in [0.1, 0.15) is 31.1 Å². The summed E-state index contributed by atoms with van der Waals surface area (Å²) in [6, 6.07) is 5.12. The average Bonchev–Trinajstić information content (AvgIpc) is 2.35. The second kappa shape index (κ2) is 7.36. The molecule has 0 aliphatic carbocycles. The number of hydrogen-bond acceptors (Lipinski definition) is 3. The highest BCUT2D eigenvalue weighted by molar-refractivity contribution is 6.34. The van der Waals surface area contributed by atoms with E-state index in [1.807, 2.05) is 6.92 Å². The van der Waals surface area contributed by atoms with E-state index >= 15 is 0 Å². The molecule has 5 heteroatoms. The van der Waals surface area contributed by atoms with Gasteiger partial charge in [-0.25, -0.2) is 0 Å². The number of likely N-dealkylation sites (N-methyl/N-ethyl adjacent to an activating group) is 1. The third kappa shape index (κ3) is 4.40. The minimum atomic E-state index is -0.220. The molecule has 1 unspecified atom stereocenters. The Hall–Kier alpha value is -1.26. The summed E-state index contributed by atoms with van der Waals surface area (Å²) in [5, 5.41) is 3.31. The maximum Gasteiger partial charge on any atom is 0.255 e. The first-order chi connectivity index (χ1) is 8.99. The van der Waals surface area contributed by atoms with Crippen molar-refractivity contribution in [2.45, 2.75) is 26.8 Å². The summed E-state index contributed by atoms with van der Waals surface area (Å²) in [7, 11) is 0. The summed E-state index contributed by atoms with van der Waals surface area (Å²) in [5.74, 6) is -0.220. The van der Waals surface area contributed by atoms with Gasteiger partial charge in [0.1, 0.15) is 0 Å². The first-order valence-electron chi connectivity index (χ1n) is 6.56. The molecule has 3 N–H and O–H groups in total. The second-order valence-corrected chi connectivity index (χ2v) is 4.97. The molecule has 0 radical (unpaired) electrons. The van der Waals surface area contributed by atoms with Crippen LogP contribution in [0.5, 0.6) is 0 Å². The molecule has 0 spiro atoms. The average molecular weight is 284 g/mol. The number of rotatable bonds is 6. The van der Waals surface area contributed by atoms with Gasteiger partial charge >= 0.3 is 0 Å². The number of hydrogen-bond donors (Lipinski definition) is 2. The predicted octanol–water partition coefficient (Wildman–Crippen LogP) is 2.38. The predicted molar refractivity (Wildman–Crippen MR) is 80.6 cm³/mol. The Bertz CT molecular complexity index is 412. The SMILES string of the molecule is CCN(CC)CC(C)NC(=O)c1c(N)cccc1Cl. The maximum absolute atomic E-state index is 12.2. The molecule has 4 nitrogen and oxygen atoms in total. The molecule has 0 fully saturated rings. The molecule has 1 rings (SSSR count). The molecule has 0 aliphatic rings. The van der Waals surface area contributed by atoms with Crippen molar-refractivity contribution < 1.29 is 4.79 Å². The lowest BCUT2D eigenvalue weighted by Gasteiger charge is -2.23. The van der Waals surface area contributed by atoms with Crippen molar-refractivity contribution in [2.75, 3.05) is 25.4 Å². The van der Waals surface area contributed by atoms with Crippen molar-refractivity contribution in [3.8, 4) is 0 Å². The van der Waals surface area contributed by atoms with E-state index in [0.29, 0.717) is 16.3 Å². The van der Waals surface area contributed by atoms with E-state index in [9.17, 15) is 4.79 Å². The van der Waals surface area contributed by atoms with Gasteiger partial charge in [-0.2, -0.15) is 0 Å². The minimum Gasteiger partial charge on any atom is -0.398 e. The van der Waals surface area contributed by atoms with Crippen molar-refractivity contribution in [1.29, 1.82) is 0 Å². The van der Waals surface area contributed by atoms with Crippen molar-refractivity contribution in [1.82, 2.24) is 10.2 Å². The molecule has 106 valence electrons. The summed E-state index contributed by atoms with van der Waals surface area (Å²) in [6.07, 6.45) is 0. The zero-order valence-electron chi connectivity index (χ0n) is 11.7. The van der Waals surface area contributed by atoms with Crippen LogP contribution in [-0.2, 0) is 0 Å². The Morgan fingerprint density at radius 2 is 2.05 bits per heavy atom. The highest BCUT2D eigenvalue weighted by Crippen LogP contribution is 2.21. The van der Waals surface area contributed by atoms with Crippen molar-refractivity contribution in [3.63, 3.8) is 0 Å². The number of nitrogens with one attached hydrogen (secondary N) is 1. The Morgan fingerprint density at radius 3 is 2.58 bits per heavy atom. The Kier molecular flexibility index (Phi) is 6.12. The number of nitrogens with zero attached hydrogens (tertiary/aromatic N) is 1. The van der Waals surface area contributed by atoms with Gasteiger partial charge in [-0.3, -0.25) is 4.79 Å². The molecule has 1 amide bonds. The van der Waals surface area contributed by atoms with Crippen LogP contribution in [0.3, 0.4) is 0 Å². The van der Waals surface area contributed by atoms with E-state index in [0.717, 1.165) is 19.6 Å². The summed E-state index contributed by atoms with van der Waals surface area (Å²) < 4.78 is 0. The fourth-order valence-corrected chi connectivity index (χ4v) is 2.26. The van der Waals surface area contributed by atoms with Gasteiger partial charge in [-0.15, -0.1) is 0 Å². The fraction of sp³-hybridized carbons (Fsp3) is 0.500. The zero-order valence-corrected chi connectivity index (χ0v) is 12.5. The van der Waals surface area contributed by atoms with E-state index < -0.39 is 0 Å². The Morgan fingerprint density at radius 1 is 1.42 bits per heavy atom. The quantitative estimate of drug-likeness (QED) is 0.788. The van der Waals surface area contributed by atoms with Gasteiger partial charge in [-0.1, -0.05) is 31.5 Å². The smallest absolute Gasteiger partial charge is 0.255 e. The molecular formula is C14H22ClN3O. The number of amides is 1. The van der Waals surface area contributed by atoms with Crippen molar-refractivity contribution in [3.05, 3.63) is 28.8 Å². The molecule has 0 saturated carbocycles. The molecule has 0 aliphatic heterocycles. The zero-order chi connectivity index (χ0) is 14.4. The van der Waals surface area contributed by atoms with Gasteiger partial charge in [0.25, 0.3) is 5.91 Å². The van der Waals surface area contributed by atoms with Crippen LogP contribution in [0.2, 0.25) is 5.02 Å². The number of halogens is 1. The number of carbonyl (C=O) groups is 1. The lowest BCUT2D eigenvalue weighted by Crippen LogP contribution is -2.42. The highest BCUT2D eigenvalue weighted by atomic mass is 35.5. The van der Waals surface area contributed by atoms with Crippen LogP contribution in [-0.4, -0.2) is 36.5 Å². The van der Waals surface area contributed by atoms with E-state index in [4.69, 9.17) is 17.3 Å². The molecule has 19 heavy (non-hydrogen) atoms. The van der Waals surface area contributed by atoms with Crippen LogP contribution in [0.15, 0.2) is 18.2 Å². The monoisotopic (exact) mass is 283 g/mol. The van der Waals surface area contributed by atoms with E-state index in [1.165, 1.54) is 0 Å². The first kappa shape index (κ1) is 15.8. The van der Waals surface area contributed by atoms with Gasteiger partial charge < -0.3 is 16.0 Å². The van der Waals surface area contributed by atoms with Gasteiger partial charge in [0.05, 0.1) is 10.6 Å². The molecule has 1 aromatic rings. The molecule has 0 saturated heterocycles. The summed E-state index contributed by atoms with van der Waals surface area (Å²) >= 11 is 6.02. The van der Waals surface area contributed by atoms with Gasteiger partial charge in [0.15, 0.2) is 0 Å². The van der Waals surface area contributed by atoms with E-state index in [2.05, 4.69) is 24.1 Å². The van der Waals surface area contributed by atoms with Crippen LogP contribution in [0, 0.1) is 0 Å². The third-order valence-electron chi connectivity index (χ3n) is 3.08. The summed E-state index contributed by atoms with van der Waals surface area (Å²) in [4.78, 5) is 14.4. The first-order valence-corrected chi connectivity index (χ1v) is 6.94. The highest BCUT2D eigenvalue weighted by Gasteiger charge is 2.16. The number of nitrogen functional groups attached to an aromatic ring is 1. The third-order valence-corrected chi connectivity index (χ3v) is 3.39. The number of carbonyl (C=O) groups excluding carboxylic acids is 1. The molecule has 1 aromatic carbocycles. The fourth-order valence-electron chi connectivity index (χ4n) is 1.99. The van der Waals surface area contributed by atoms with Crippen molar-refractivity contribution >= 4 is 23.2 Å². The lowest BCUT2D eigenvalue weighted by molar-refractivity contribution is 0.0931. The molecular weight excluding hydrogens is 262 g/mol. The Balaban J connectivity index is 2.69. The van der Waals surface area contributed by atoms with Crippen LogP contribution >= 0.6 is 11.6 Å². The number of nitrogens with two attached hydrogens (primary N) is 1. The largest absolute Gasteiger partial charge is 0.398 e. The van der Waals surface area contributed by atoms with Gasteiger partial charge in [0.2, 0.25) is 0 Å². The minimum absolute atomic E-state index is 0.0445.